The molecular weight excluding hydrogens is 314 g/mol. The molecule has 0 aliphatic carbocycles. The van der Waals surface area contributed by atoms with Gasteiger partial charge in [-0.05, 0) is 30.7 Å². The van der Waals surface area contributed by atoms with E-state index in [4.69, 9.17) is 5.11 Å². The first kappa shape index (κ1) is 14.4. The molecule has 1 N–H and O–H groups in total. The number of carboxylic acid groups (broad SMARTS) is 1. The molecule has 17 heavy (non-hydrogen) atoms. The number of benzene rings is 1. The number of aliphatic carboxylic acids is 1. The van der Waals surface area contributed by atoms with Crippen LogP contribution in [-0.2, 0) is 4.79 Å². The molecule has 1 aromatic rings. The summed E-state index contributed by atoms with van der Waals surface area (Å²) < 4.78 is 27.1. The molecule has 0 heterocycles. The van der Waals surface area contributed by atoms with Crippen LogP contribution in [0, 0.1) is 11.6 Å². The lowest BCUT2D eigenvalue weighted by atomic mass is 10.2. The fourth-order valence-electron chi connectivity index (χ4n) is 1.22. The summed E-state index contributed by atoms with van der Waals surface area (Å²) in [4.78, 5) is 10.2. The minimum absolute atomic E-state index is 0.0106. The zero-order valence-corrected chi connectivity index (χ0v) is 11.3. The highest BCUT2D eigenvalue weighted by atomic mass is 79.9. The standard InChI is InChI=1S/C11H11BrF2O2S/c12-7-5-8(13)11(9(14)6-7)17-4-2-1-3-10(15)16/h5-6H,1-4H2,(H,15,16). The van der Waals surface area contributed by atoms with Gasteiger partial charge >= 0.3 is 5.97 Å². The maximum atomic E-state index is 13.4. The molecule has 0 aliphatic heterocycles. The van der Waals surface area contributed by atoms with Crippen LogP contribution < -0.4 is 0 Å². The van der Waals surface area contributed by atoms with Gasteiger partial charge in [-0.3, -0.25) is 4.79 Å². The van der Waals surface area contributed by atoms with Gasteiger partial charge in [-0.1, -0.05) is 15.9 Å². The molecule has 0 radical (unpaired) electrons. The van der Waals surface area contributed by atoms with Crippen molar-refractivity contribution >= 4 is 33.7 Å². The third-order valence-electron chi connectivity index (χ3n) is 1.99. The van der Waals surface area contributed by atoms with E-state index in [1.54, 1.807) is 0 Å². The second-order valence-electron chi connectivity index (χ2n) is 3.40. The Balaban J connectivity index is 2.44. The smallest absolute Gasteiger partial charge is 0.303 e. The molecule has 0 aliphatic rings. The first-order valence-corrected chi connectivity index (χ1v) is 6.77. The van der Waals surface area contributed by atoms with Crippen molar-refractivity contribution in [2.24, 2.45) is 0 Å². The zero-order chi connectivity index (χ0) is 12.8. The second kappa shape index (κ2) is 6.96. The van der Waals surface area contributed by atoms with Gasteiger partial charge in [-0.25, -0.2) is 8.78 Å². The lowest BCUT2D eigenvalue weighted by Gasteiger charge is -2.05. The van der Waals surface area contributed by atoms with E-state index >= 15 is 0 Å². The van der Waals surface area contributed by atoms with Gasteiger partial charge in [0.2, 0.25) is 0 Å². The van der Waals surface area contributed by atoms with Crippen molar-refractivity contribution in [2.45, 2.75) is 24.2 Å². The molecule has 0 aromatic heterocycles. The number of hydrogen-bond donors (Lipinski definition) is 1. The normalized spacial score (nSPS) is 10.5. The van der Waals surface area contributed by atoms with Gasteiger partial charge in [0.15, 0.2) is 0 Å². The van der Waals surface area contributed by atoms with Crippen LogP contribution in [0.15, 0.2) is 21.5 Å². The first-order valence-electron chi connectivity index (χ1n) is 5.00. The number of carboxylic acids is 1. The Hall–Kier alpha value is -0.620. The van der Waals surface area contributed by atoms with Gasteiger partial charge < -0.3 is 5.11 Å². The number of thioether (sulfide) groups is 1. The average Bonchev–Trinajstić information content (AvgIpc) is 2.20. The summed E-state index contributed by atoms with van der Waals surface area (Å²) in [6, 6.07) is 2.42. The van der Waals surface area contributed by atoms with Crippen molar-refractivity contribution in [1.82, 2.24) is 0 Å². The highest BCUT2D eigenvalue weighted by Gasteiger charge is 2.10. The molecule has 0 unspecified atom stereocenters. The van der Waals surface area contributed by atoms with Crippen LogP contribution in [0.25, 0.3) is 0 Å². The summed E-state index contributed by atoms with van der Waals surface area (Å²) in [7, 11) is 0. The maximum absolute atomic E-state index is 13.4. The predicted octanol–water partition coefficient (Wildman–Crippen LogP) is 4.07. The lowest BCUT2D eigenvalue weighted by Crippen LogP contribution is -1.95. The maximum Gasteiger partial charge on any atom is 0.303 e. The molecule has 0 spiro atoms. The summed E-state index contributed by atoms with van der Waals surface area (Å²) in [6.45, 7) is 0. The Morgan fingerprint density at radius 3 is 2.41 bits per heavy atom. The van der Waals surface area contributed by atoms with Crippen molar-refractivity contribution in [2.75, 3.05) is 5.75 Å². The average molecular weight is 325 g/mol. The molecule has 6 heteroatoms. The molecule has 0 saturated heterocycles. The largest absolute Gasteiger partial charge is 0.481 e. The summed E-state index contributed by atoms with van der Waals surface area (Å²) in [5.41, 5.74) is 0. The SMILES string of the molecule is O=C(O)CCCCSc1c(F)cc(Br)cc1F. The molecule has 0 fully saturated rings. The number of unbranched alkanes of at least 4 members (excludes halogenated alkanes) is 1. The highest BCUT2D eigenvalue weighted by Crippen LogP contribution is 2.28. The van der Waals surface area contributed by atoms with E-state index in [0.717, 1.165) is 11.8 Å². The molecule has 0 atom stereocenters. The van der Waals surface area contributed by atoms with Crippen molar-refractivity contribution in [3.05, 3.63) is 28.2 Å². The van der Waals surface area contributed by atoms with Gasteiger partial charge in [-0.2, -0.15) is 0 Å². The molecule has 0 bridgehead atoms. The van der Waals surface area contributed by atoms with E-state index in [1.807, 2.05) is 0 Å². The number of rotatable bonds is 6. The molecule has 0 saturated carbocycles. The first-order chi connectivity index (χ1) is 8.00. The summed E-state index contributed by atoms with van der Waals surface area (Å²) in [6.07, 6.45) is 1.22. The van der Waals surface area contributed by atoms with Gasteiger partial charge in [-0.15, -0.1) is 11.8 Å². The molecule has 2 nitrogen and oxygen atoms in total. The van der Waals surface area contributed by atoms with E-state index in [1.165, 1.54) is 12.1 Å². The Kier molecular flexibility index (Phi) is 5.91. The third kappa shape index (κ3) is 5.04. The zero-order valence-electron chi connectivity index (χ0n) is 8.88. The molecular formula is C11H11BrF2O2S. The Bertz CT molecular complexity index is 389. The minimum Gasteiger partial charge on any atom is -0.481 e. The van der Waals surface area contributed by atoms with Crippen LogP contribution in [0.2, 0.25) is 0 Å². The van der Waals surface area contributed by atoms with Crippen LogP contribution in [-0.4, -0.2) is 16.8 Å². The topological polar surface area (TPSA) is 37.3 Å². The number of hydrogen-bond acceptors (Lipinski definition) is 2. The van der Waals surface area contributed by atoms with Crippen molar-refractivity contribution in [3.8, 4) is 0 Å². The van der Waals surface area contributed by atoms with Crippen LogP contribution >= 0.6 is 27.7 Å². The van der Waals surface area contributed by atoms with E-state index in [0.29, 0.717) is 23.1 Å². The van der Waals surface area contributed by atoms with Crippen molar-refractivity contribution in [3.63, 3.8) is 0 Å². The van der Waals surface area contributed by atoms with E-state index in [2.05, 4.69) is 15.9 Å². The van der Waals surface area contributed by atoms with Gasteiger partial charge in [0, 0.05) is 10.9 Å². The number of halogens is 3. The van der Waals surface area contributed by atoms with Crippen LogP contribution in [0.1, 0.15) is 19.3 Å². The molecule has 1 rings (SSSR count). The lowest BCUT2D eigenvalue weighted by molar-refractivity contribution is -0.137. The van der Waals surface area contributed by atoms with E-state index in [-0.39, 0.29) is 11.3 Å². The van der Waals surface area contributed by atoms with Crippen LogP contribution in [0.3, 0.4) is 0 Å². The quantitative estimate of drug-likeness (QED) is 0.633. The summed E-state index contributed by atoms with van der Waals surface area (Å²) >= 11 is 4.07. The second-order valence-corrected chi connectivity index (χ2v) is 5.42. The van der Waals surface area contributed by atoms with E-state index < -0.39 is 17.6 Å². The minimum atomic E-state index is -0.851. The van der Waals surface area contributed by atoms with Crippen LogP contribution in [0.4, 0.5) is 8.78 Å². The van der Waals surface area contributed by atoms with Gasteiger partial charge in [0.05, 0.1) is 4.90 Å². The van der Waals surface area contributed by atoms with E-state index in [9.17, 15) is 13.6 Å². The molecule has 0 amide bonds. The van der Waals surface area contributed by atoms with Crippen molar-refractivity contribution in [1.29, 1.82) is 0 Å². The monoisotopic (exact) mass is 324 g/mol. The fraction of sp³-hybridized carbons (Fsp3) is 0.364. The Morgan fingerprint density at radius 2 is 1.88 bits per heavy atom. The molecule has 94 valence electrons. The summed E-state index contributed by atoms with van der Waals surface area (Å²) in [5, 5.41) is 8.42. The predicted molar refractivity (Wildman–Crippen MR) is 66.3 cm³/mol. The summed E-state index contributed by atoms with van der Waals surface area (Å²) in [5.74, 6) is -1.54. The Morgan fingerprint density at radius 1 is 1.29 bits per heavy atom. The third-order valence-corrected chi connectivity index (χ3v) is 3.62. The molecule has 1 aromatic carbocycles. The highest BCUT2D eigenvalue weighted by molar-refractivity contribution is 9.10. The van der Waals surface area contributed by atoms with Gasteiger partial charge in [0.25, 0.3) is 0 Å². The van der Waals surface area contributed by atoms with Gasteiger partial charge in [0.1, 0.15) is 11.6 Å². The Labute approximate surface area is 111 Å². The number of carbonyl (C=O) groups is 1. The fourth-order valence-corrected chi connectivity index (χ4v) is 2.57. The van der Waals surface area contributed by atoms with Crippen molar-refractivity contribution < 1.29 is 18.7 Å². The van der Waals surface area contributed by atoms with Crippen LogP contribution in [0.5, 0.6) is 0 Å².